The molecule has 0 aromatic heterocycles. The molecule has 0 saturated carbocycles. The quantitative estimate of drug-likeness (QED) is 0.845. The van der Waals surface area contributed by atoms with E-state index in [1.165, 1.54) is 6.07 Å². The highest BCUT2D eigenvalue weighted by atomic mass is 16.4. The zero-order valence-electron chi connectivity index (χ0n) is 13.3. The van der Waals surface area contributed by atoms with E-state index in [0.29, 0.717) is 5.56 Å². The minimum atomic E-state index is -1.00. The number of carboxylic acid groups (broad SMARTS) is 1. The number of nitrogens with one attached hydrogen (secondary N) is 1. The number of amides is 1. The van der Waals surface area contributed by atoms with Gasteiger partial charge in [0.25, 0.3) is 0 Å². The summed E-state index contributed by atoms with van der Waals surface area (Å²) in [6.07, 6.45) is 2.04. The van der Waals surface area contributed by atoms with Crippen LogP contribution in [0.1, 0.15) is 56.5 Å². The molecule has 2 N–H and O–H groups in total. The third-order valence-corrected chi connectivity index (χ3v) is 3.33. The number of carboxylic acids is 1. The maximum atomic E-state index is 12.0. The summed E-state index contributed by atoms with van der Waals surface area (Å²) in [4.78, 5) is 23.1. The molecule has 0 fully saturated rings. The van der Waals surface area contributed by atoms with Crippen molar-refractivity contribution >= 4 is 11.9 Å². The average molecular weight is 291 g/mol. The molecule has 0 aliphatic rings. The Labute approximate surface area is 126 Å². The first kappa shape index (κ1) is 17.2. The largest absolute Gasteiger partial charge is 0.478 e. The fraction of sp³-hybridized carbons (Fsp3) is 0.529. The van der Waals surface area contributed by atoms with E-state index in [1.54, 1.807) is 18.2 Å². The van der Waals surface area contributed by atoms with Crippen LogP contribution in [0.2, 0.25) is 0 Å². The third-order valence-electron chi connectivity index (χ3n) is 3.33. The van der Waals surface area contributed by atoms with Gasteiger partial charge in [-0.2, -0.15) is 0 Å². The Kier molecular flexibility index (Phi) is 5.94. The molecule has 0 saturated heterocycles. The predicted octanol–water partition coefficient (Wildman–Crippen LogP) is 3.26. The van der Waals surface area contributed by atoms with Gasteiger partial charge in [0.05, 0.1) is 12.0 Å². The van der Waals surface area contributed by atoms with Gasteiger partial charge in [0.1, 0.15) is 0 Å². The minimum Gasteiger partial charge on any atom is -0.478 e. The van der Waals surface area contributed by atoms with Gasteiger partial charge in [-0.3, -0.25) is 4.79 Å². The summed E-state index contributed by atoms with van der Waals surface area (Å²) in [5.41, 5.74) is 0.982. The summed E-state index contributed by atoms with van der Waals surface area (Å²) in [5.74, 6) is -1.13. The molecule has 0 radical (unpaired) electrons. The summed E-state index contributed by atoms with van der Waals surface area (Å²) in [7, 11) is 0. The maximum Gasteiger partial charge on any atom is 0.335 e. The molecule has 0 aliphatic carbocycles. The van der Waals surface area contributed by atoms with Crippen LogP contribution in [0.4, 0.5) is 0 Å². The Hall–Kier alpha value is -1.84. The van der Waals surface area contributed by atoms with Gasteiger partial charge >= 0.3 is 5.97 Å². The van der Waals surface area contributed by atoms with Crippen LogP contribution >= 0.6 is 0 Å². The van der Waals surface area contributed by atoms with Crippen molar-refractivity contribution < 1.29 is 14.7 Å². The first-order chi connectivity index (χ1) is 9.69. The van der Waals surface area contributed by atoms with Crippen molar-refractivity contribution in [3.05, 3.63) is 35.4 Å². The van der Waals surface area contributed by atoms with E-state index >= 15 is 0 Å². The number of hydrogen-bond donors (Lipinski definition) is 2. The van der Waals surface area contributed by atoms with Gasteiger partial charge in [0, 0.05) is 6.04 Å². The molecule has 116 valence electrons. The van der Waals surface area contributed by atoms with Crippen LogP contribution in [0.15, 0.2) is 24.3 Å². The fourth-order valence-electron chi connectivity index (χ4n) is 2.10. The van der Waals surface area contributed by atoms with Crippen LogP contribution < -0.4 is 5.32 Å². The normalized spacial score (nSPS) is 12.8. The molecular formula is C17H25NO3. The SMILES string of the molecule is CC(CCC(C)(C)C)NC(=O)Cc1ccccc1C(=O)O. The molecule has 0 aliphatic heterocycles. The molecule has 0 bridgehead atoms. The lowest BCUT2D eigenvalue weighted by atomic mass is 9.89. The predicted molar refractivity (Wildman–Crippen MR) is 83.4 cm³/mol. The summed E-state index contributed by atoms with van der Waals surface area (Å²) in [5, 5.41) is 12.0. The Morgan fingerprint density at radius 1 is 1.24 bits per heavy atom. The third kappa shape index (κ3) is 6.43. The lowest BCUT2D eigenvalue weighted by Crippen LogP contribution is -2.34. The van der Waals surface area contributed by atoms with E-state index in [9.17, 15) is 9.59 Å². The number of carbonyl (C=O) groups excluding carboxylic acids is 1. The molecule has 0 spiro atoms. The van der Waals surface area contributed by atoms with E-state index in [0.717, 1.165) is 12.8 Å². The standard InChI is InChI=1S/C17H25NO3/c1-12(9-10-17(2,3)4)18-15(19)11-13-7-5-6-8-14(13)16(20)21/h5-8,12H,9-11H2,1-4H3,(H,18,19)(H,20,21). The number of benzene rings is 1. The second-order valence-electron chi connectivity index (χ2n) is 6.71. The van der Waals surface area contributed by atoms with Crippen LogP contribution in [0.3, 0.4) is 0 Å². The van der Waals surface area contributed by atoms with E-state index in [1.807, 2.05) is 6.92 Å². The van der Waals surface area contributed by atoms with Gasteiger partial charge in [-0.1, -0.05) is 39.0 Å². The summed E-state index contributed by atoms with van der Waals surface area (Å²) in [6.45, 7) is 8.49. The second-order valence-corrected chi connectivity index (χ2v) is 6.71. The summed E-state index contributed by atoms with van der Waals surface area (Å²) in [6, 6.07) is 6.71. The van der Waals surface area contributed by atoms with Crippen molar-refractivity contribution in [1.29, 1.82) is 0 Å². The molecule has 4 nitrogen and oxygen atoms in total. The van der Waals surface area contributed by atoms with Crippen molar-refractivity contribution in [2.45, 2.75) is 53.0 Å². The number of aromatic carboxylic acids is 1. The van der Waals surface area contributed by atoms with Gasteiger partial charge in [-0.15, -0.1) is 0 Å². The molecule has 1 aromatic rings. The molecule has 0 heterocycles. The van der Waals surface area contributed by atoms with Crippen LogP contribution in [0.5, 0.6) is 0 Å². The Morgan fingerprint density at radius 2 is 1.86 bits per heavy atom. The number of hydrogen-bond acceptors (Lipinski definition) is 2. The second kappa shape index (κ2) is 7.25. The monoisotopic (exact) mass is 291 g/mol. The maximum absolute atomic E-state index is 12.0. The zero-order chi connectivity index (χ0) is 16.0. The van der Waals surface area contributed by atoms with E-state index in [4.69, 9.17) is 5.11 Å². The van der Waals surface area contributed by atoms with Crippen LogP contribution in [-0.4, -0.2) is 23.0 Å². The Morgan fingerprint density at radius 3 is 2.43 bits per heavy atom. The van der Waals surface area contributed by atoms with Crippen molar-refractivity contribution in [3.8, 4) is 0 Å². The van der Waals surface area contributed by atoms with Gasteiger partial charge in [-0.25, -0.2) is 4.79 Å². The summed E-state index contributed by atoms with van der Waals surface area (Å²) < 4.78 is 0. The van der Waals surface area contributed by atoms with E-state index in [-0.39, 0.29) is 29.3 Å². The molecule has 1 rings (SSSR count). The van der Waals surface area contributed by atoms with Crippen LogP contribution in [-0.2, 0) is 11.2 Å². The molecule has 1 amide bonds. The highest BCUT2D eigenvalue weighted by Crippen LogP contribution is 2.21. The highest BCUT2D eigenvalue weighted by Gasteiger charge is 2.16. The van der Waals surface area contributed by atoms with Crippen molar-refractivity contribution in [3.63, 3.8) is 0 Å². The molecule has 1 aromatic carbocycles. The zero-order valence-corrected chi connectivity index (χ0v) is 13.3. The highest BCUT2D eigenvalue weighted by molar-refractivity contribution is 5.91. The first-order valence-electron chi connectivity index (χ1n) is 7.29. The van der Waals surface area contributed by atoms with Crippen molar-refractivity contribution in [1.82, 2.24) is 5.32 Å². The van der Waals surface area contributed by atoms with Gasteiger partial charge in [0.15, 0.2) is 0 Å². The first-order valence-corrected chi connectivity index (χ1v) is 7.29. The smallest absolute Gasteiger partial charge is 0.335 e. The van der Waals surface area contributed by atoms with Crippen LogP contribution in [0, 0.1) is 5.41 Å². The van der Waals surface area contributed by atoms with Crippen molar-refractivity contribution in [2.75, 3.05) is 0 Å². The van der Waals surface area contributed by atoms with E-state index < -0.39 is 5.97 Å². The lowest BCUT2D eigenvalue weighted by molar-refractivity contribution is -0.121. The fourth-order valence-corrected chi connectivity index (χ4v) is 2.10. The lowest BCUT2D eigenvalue weighted by Gasteiger charge is -2.21. The van der Waals surface area contributed by atoms with E-state index in [2.05, 4.69) is 26.1 Å². The van der Waals surface area contributed by atoms with Crippen molar-refractivity contribution in [2.24, 2.45) is 5.41 Å². The molecule has 1 atom stereocenters. The molecule has 4 heteroatoms. The summed E-state index contributed by atoms with van der Waals surface area (Å²) >= 11 is 0. The topological polar surface area (TPSA) is 66.4 Å². The van der Waals surface area contributed by atoms with Gasteiger partial charge in [0.2, 0.25) is 5.91 Å². The number of rotatable bonds is 6. The Bertz CT molecular complexity index is 503. The number of carbonyl (C=O) groups is 2. The molecule has 21 heavy (non-hydrogen) atoms. The van der Waals surface area contributed by atoms with Gasteiger partial charge < -0.3 is 10.4 Å². The minimum absolute atomic E-state index is 0.0914. The van der Waals surface area contributed by atoms with Crippen LogP contribution in [0.25, 0.3) is 0 Å². The van der Waals surface area contributed by atoms with Gasteiger partial charge in [-0.05, 0) is 36.8 Å². The Balaban J connectivity index is 2.56. The molecule has 1 unspecified atom stereocenters. The average Bonchev–Trinajstić information content (AvgIpc) is 2.35. The molecular weight excluding hydrogens is 266 g/mol.